The maximum Gasteiger partial charge on any atom is 0.429 e. The standard InChI is InChI=1S/C25H29F3O4/c1-2-3-4-5-6-7-13-18-31-23(29)20-16-11-12-17-21(20)24(30)32-22(25(26,27)28)19-14-9-8-10-15-19/h8-12,14-17,22H,2-7,13,18H2,1H3. The molecule has 174 valence electrons. The van der Waals surface area contributed by atoms with Crippen LogP contribution in [0.5, 0.6) is 0 Å². The molecule has 1 atom stereocenters. The second kappa shape index (κ2) is 12.9. The van der Waals surface area contributed by atoms with Crippen molar-refractivity contribution in [3.8, 4) is 0 Å². The molecule has 7 heteroatoms. The molecule has 4 nitrogen and oxygen atoms in total. The van der Waals surface area contributed by atoms with Gasteiger partial charge < -0.3 is 9.47 Å². The molecule has 0 amide bonds. The molecule has 2 rings (SSSR count). The van der Waals surface area contributed by atoms with Crippen LogP contribution in [-0.2, 0) is 9.47 Å². The van der Waals surface area contributed by atoms with Crippen LogP contribution >= 0.6 is 0 Å². The molecule has 0 aliphatic heterocycles. The first kappa shape index (κ1) is 25.4. The van der Waals surface area contributed by atoms with E-state index in [4.69, 9.17) is 9.47 Å². The first-order valence-electron chi connectivity index (χ1n) is 10.9. The number of rotatable bonds is 12. The lowest BCUT2D eigenvalue weighted by Gasteiger charge is -2.21. The molecular formula is C25H29F3O4. The summed E-state index contributed by atoms with van der Waals surface area (Å²) in [6.07, 6.45) is 0.136. The molecule has 1 unspecified atom stereocenters. The van der Waals surface area contributed by atoms with Crippen LogP contribution in [0.25, 0.3) is 0 Å². The van der Waals surface area contributed by atoms with Crippen LogP contribution in [0.3, 0.4) is 0 Å². The van der Waals surface area contributed by atoms with Gasteiger partial charge in [0, 0.05) is 5.56 Å². The van der Waals surface area contributed by atoms with E-state index in [1.54, 1.807) is 6.07 Å². The third-order valence-corrected chi connectivity index (χ3v) is 4.97. The van der Waals surface area contributed by atoms with Crippen LogP contribution in [0.4, 0.5) is 13.2 Å². The summed E-state index contributed by atoms with van der Waals surface area (Å²) in [7, 11) is 0. The fourth-order valence-corrected chi connectivity index (χ4v) is 3.26. The summed E-state index contributed by atoms with van der Waals surface area (Å²) in [4.78, 5) is 25.0. The van der Waals surface area contributed by atoms with E-state index in [0.717, 1.165) is 19.3 Å². The average molecular weight is 450 g/mol. The normalized spacial score (nSPS) is 12.2. The van der Waals surface area contributed by atoms with Crippen LogP contribution in [0.2, 0.25) is 0 Å². The Bertz CT molecular complexity index is 850. The number of carbonyl (C=O) groups excluding carboxylic acids is 2. The van der Waals surface area contributed by atoms with Gasteiger partial charge in [-0.15, -0.1) is 0 Å². The number of benzene rings is 2. The molecule has 0 aliphatic carbocycles. The van der Waals surface area contributed by atoms with Crippen molar-refractivity contribution in [3.05, 3.63) is 71.3 Å². The van der Waals surface area contributed by atoms with Gasteiger partial charge in [0.05, 0.1) is 17.7 Å². The van der Waals surface area contributed by atoms with Gasteiger partial charge >= 0.3 is 18.1 Å². The minimum Gasteiger partial charge on any atom is -0.462 e. The highest BCUT2D eigenvalue weighted by atomic mass is 19.4. The lowest BCUT2D eigenvalue weighted by molar-refractivity contribution is -0.207. The zero-order chi connectivity index (χ0) is 23.4. The van der Waals surface area contributed by atoms with E-state index in [-0.39, 0.29) is 23.3 Å². The zero-order valence-electron chi connectivity index (χ0n) is 18.2. The molecule has 32 heavy (non-hydrogen) atoms. The van der Waals surface area contributed by atoms with E-state index in [1.807, 2.05) is 0 Å². The van der Waals surface area contributed by atoms with Crippen molar-refractivity contribution in [2.45, 2.75) is 64.1 Å². The minimum atomic E-state index is -4.80. The van der Waals surface area contributed by atoms with Crippen LogP contribution in [0.1, 0.15) is 84.3 Å². The monoisotopic (exact) mass is 450 g/mol. The molecule has 0 fully saturated rings. The Morgan fingerprint density at radius 2 is 1.31 bits per heavy atom. The smallest absolute Gasteiger partial charge is 0.429 e. The van der Waals surface area contributed by atoms with Gasteiger partial charge in [-0.2, -0.15) is 13.2 Å². The van der Waals surface area contributed by atoms with Crippen LogP contribution in [0.15, 0.2) is 54.6 Å². The second-order valence-electron chi connectivity index (χ2n) is 7.54. The predicted molar refractivity (Wildman–Crippen MR) is 115 cm³/mol. The van der Waals surface area contributed by atoms with E-state index in [2.05, 4.69) is 6.92 Å². The molecule has 0 saturated carbocycles. The summed E-state index contributed by atoms with van der Waals surface area (Å²) in [6.45, 7) is 2.34. The van der Waals surface area contributed by atoms with Gasteiger partial charge in [-0.1, -0.05) is 87.9 Å². The Hall–Kier alpha value is -2.83. The third kappa shape index (κ3) is 8.02. The Labute approximate surface area is 186 Å². The molecule has 0 bridgehead atoms. The van der Waals surface area contributed by atoms with Crippen LogP contribution in [0, 0.1) is 0 Å². The Morgan fingerprint density at radius 1 is 0.781 bits per heavy atom. The Morgan fingerprint density at radius 3 is 1.91 bits per heavy atom. The first-order chi connectivity index (χ1) is 15.3. The number of unbranched alkanes of at least 4 members (excludes halogenated alkanes) is 6. The SMILES string of the molecule is CCCCCCCCCOC(=O)c1ccccc1C(=O)OC(c1ccccc1)C(F)(F)F. The molecule has 0 N–H and O–H groups in total. The molecule has 0 aliphatic rings. The molecule has 0 saturated heterocycles. The predicted octanol–water partition coefficient (Wildman–Crippen LogP) is 7.05. The molecule has 0 heterocycles. The lowest BCUT2D eigenvalue weighted by Crippen LogP contribution is -2.27. The summed E-state index contributed by atoms with van der Waals surface area (Å²) < 4.78 is 50.6. The summed E-state index contributed by atoms with van der Waals surface area (Å²) in [5.41, 5.74) is -0.580. The minimum absolute atomic E-state index is 0.116. The molecular weight excluding hydrogens is 421 g/mol. The van der Waals surface area contributed by atoms with Gasteiger partial charge in [-0.3, -0.25) is 0 Å². The van der Waals surface area contributed by atoms with Gasteiger partial charge in [-0.25, -0.2) is 9.59 Å². The van der Waals surface area contributed by atoms with Crippen molar-refractivity contribution >= 4 is 11.9 Å². The maximum absolute atomic E-state index is 13.5. The van der Waals surface area contributed by atoms with Crippen LogP contribution in [-0.4, -0.2) is 24.7 Å². The Balaban J connectivity index is 1.99. The van der Waals surface area contributed by atoms with E-state index in [9.17, 15) is 22.8 Å². The topological polar surface area (TPSA) is 52.6 Å². The number of hydrogen-bond acceptors (Lipinski definition) is 4. The van der Waals surface area contributed by atoms with Crippen molar-refractivity contribution in [1.82, 2.24) is 0 Å². The van der Waals surface area contributed by atoms with Crippen LogP contribution < -0.4 is 0 Å². The number of hydrogen-bond donors (Lipinski definition) is 0. The summed E-state index contributed by atoms with van der Waals surface area (Å²) in [5, 5.41) is 0. The quantitative estimate of drug-likeness (QED) is 0.257. The second-order valence-corrected chi connectivity index (χ2v) is 7.54. The molecule has 2 aromatic rings. The fraction of sp³-hybridized carbons (Fsp3) is 0.440. The van der Waals surface area contributed by atoms with Crippen molar-refractivity contribution in [3.63, 3.8) is 0 Å². The number of alkyl halides is 3. The van der Waals surface area contributed by atoms with E-state index in [1.165, 1.54) is 67.8 Å². The Kier molecular flexibility index (Phi) is 10.2. The zero-order valence-corrected chi connectivity index (χ0v) is 18.2. The maximum atomic E-state index is 13.5. The number of esters is 2. The highest BCUT2D eigenvalue weighted by Crippen LogP contribution is 2.36. The number of halogens is 3. The van der Waals surface area contributed by atoms with Gasteiger partial charge in [0.2, 0.25) is 6.10 Å². The number of ether oxygens (including phenoxy) is 2. The summed E-state index contributed by atoms with van der Waals surface area (Å²) in [5.74, 6) is -1.99. The van der Waals surface area contributed by atoms with Crippen molar-refractivity contribution in [2.24, 2.45) is 0 Å². The van der Waals surface area contributed by atoms with E-state index >= 15 is 0 Å². The van der Waals surface area contributed by atoms with Crippen molar-refractivity contribution in [2.75, 3.05) is 6.61 Å². The first-order valence-corrected chi connectivity index (χ1v) is 10.9. The highest BCUT2D eigenvalue weighted by molar-refractivity contribution is 6.03. The largest absolute Gasteiger partial charge is 0.462 e. The molecule has 0 spiro atoms. The van der Waals surface area contributed by atoms with Gasteiger partial charge in [0.1, 0.15) is 0 Å². The van der Waals surface area contributed by atoms with Gasteiger partial charge in [-0.05, 0) is 18.6 Å². The highest BCUT2D eigenvalue weighted by Gasteiger charge is 2.44. The average Bonchev–Trinajstić information content (AvgIpc) is 2.78. The summed E-state index contributed by atoms with van der Waals surface area (Å²) in [6, 6.07) is 12.4. The van der Waals surface area contributed by atoms with Crippen molar-refractivity contribution in [1.29, 1.82) is 0 Å². The molecule has 2 aromatic carbocycles. The summed E-state index contributed by atoms with van der Waals surface area (Å²) >= 11 is 0. The van der Waals surface area contributed by atoms with Gasteiger partial charge in [0.25, 0.3) is 0 Å². The lowest BCUT2D eigenvalue weighted by atomic mass is 10.1. The van der Waals surface area contributed by atoms with Gasteiger partial charge in [0.15, 0.2) is 0 Å². The molecule has 0 radical (unpaired) electrons. The van der Waals surface area contributed by atoms with Crippen molar-refractivity contribution < 1.29 is 32.2 Å². The fourth-order valence-electron chi connectivity index (χ4n) is 3.26. The van der Waals surface area contributed by atoms with E-state index < -0.39 is 24.2 Å². The molecule has 0 aromatic heterocycles. The van der Waals surface area contributed by atoms with E-state index in [0.29, 0.717) is 6.42 Å². The number of carbonyl (C=O) groups is 2. The third-order valence-electron chi connectivity index (χ3n) is 4.97.